The van der Waals surface area contributed by atoms with Crippen LogP contribution in [0.2, 0.25) is 0 Å². The van der Waals surface area contributed by atoms with Crippen molar-refractivity contribution in [3.05, 3.63) is 18.1 Å². The summed E-state index contributed by atoms with van der Waals surface area (Å²) in [6, 6.07) is 0. The first-order valence-corrected chi connectivity index (χ1v) is 8.36. The Kier molecular flexibility index (Phi) is 9.79. The summed E-state index contributed by atoms with van der Waals surface area (Å²) in [7, 11) is 0. The second-order valence-corrected chi connectivity index (χ2v) is 5.99. The van der Waals surface area contributed by atoms with Crippen molar-refractivity contribution >= 4 is 0 Å². The van der Waals surface area contributed by atoms with E-state index >= 15 is 0 Å². The van der Waals surface area contributed by atoms with Gasteiger partial charge in [-0.05, 0) is 18.9 Å². The standard InChI is InChI=1S/C17H31N3O/c1-4-5-6-7-8-9-10-21-17-14-19-13-16(20-17)12-18-11-15(2)3/h13-15,18H,4-12H2,1-3H3. The SMILES string of the molecule is CCCCCCCCOc1cncc(CNCC(C)C)n1. The fourth-order valence-corrected chi connectivity index (χ4v) is 2.09. The van der Waals surface area contributed by atoms with E-state index in [4.69, 9.17) is 4.74 Å². The molecule has 0 radical (unpaired) electrons. The molecule has 0 unspecified atom stereocenters. The van der Waals surface area contributed by atoms with Gasteiger partial charge in [0.15, 0.2) is 0 Å². The van der Waals surface area contributed by atoms with E-state index in [0.717, 1.165) is 31.8 Å². The predicted molar refractivity (Wildman–Crippen MR) is 87.4 cm³/mol. The van der Waals surface area contributed by atoms with Crippen LogP contribution in [-0.4, -0.2) is 23.1 Å². The van der Waals surface area contributed by atoms with Gasteiger partial charge in [-0.1, -0.05) is 52.9 Å². The van der Waals surface area contributed by atoms with Gasteiger partial charge < -0.3 is 10.1 Å². The summed E-state index contributed by atoms with van der Waals surface area (Å²) in [5.41, 5.74) is 0.941. The molecule has 4 heteroatoms. The largest absolute Gasteiger partial charge is 0.477 e. The Morgan fingerprint density at radius 1 is 1.10 bits per heavy atom. The van der Waals surface area contributed by atoms with E-state index in [1.807, 2.05) is 0 Å². The van der Waals surface area contributed by atoms with E-state index in [0.29, 0.717) is 11.8 Å². The summed E-state index contributed by atoms with van der Waals surface area (Å²) in [6.45, 7) is 9.11. The zero-order valence-electron chi connectivity index (χ0n) is 13.9. The van der Waals surface area contributed by atoms with E-state index in [1.165, 1.54) is 32.1 Å². The Hall–Kier alpha value is -1.16. The number of aromatic nitrogens is 2. The second-order valence-electron chi connectivity index (χ2n) is 5.99. The van der Waals surface area contributed by atoms with Crippen LogP contribution in [-0.2, 0) is 6.54 Å². The zero-order chi connectivity index (χ0) is 15.3. The van der Waals surface area contributed by atoms with Crippen LogP contribution in [0.1, 0.15) is 65.0 Å². The van der Waals surface area contributed by atoms with Crippen LogP contribution in [0.3, 0.4) is 0 Å². The highest BCUT2D eigenvalue weighted by molar-refractivity contribution is 5.08. The molecule has 4 nitrogen and oxygen atoms in total. The molecule has 0 aliphatic heterocycles. The van der Waals surface area contributed by atoms with Gasteiger partial charge in [0, 0.05) is 12.7 Å². The molecule has 0 bridgehead atoms. The van der Waals surface area contributed by atoms with Crippen molar-refractivity contribution in [1.82, 2.24) is 15.3 Å². The minimum Gasteiger partial charge on any atom is -0.477 e. The van der Waals surface area contributed by atoms with Gasteiger partial charge in [-0.3, -0.25) is 4.98 Å². The van der Waals surface area contributed by atoms with Crippen molar-refractivity contribution < 1.29 is 4.74 Å². The molecule has 0 aliphatic carbocycles. The lowest BCUT2D eigenvalue weighted by Gasteiger charge is -2.08. The van der Waals surface area contributed by atoms with Gasteiger partial charge in [0.2, 0.25) is 5.88 Å². The third-order valence-electron chi connectivity index (χ3n) is 3.27. The van der Waals surface area contributed by atoms with Crippen LogP contribution in [0, 0.1) is 5.92 Å². The smallest absolute Gasteiger partial charge is 0.232 e. The molecule has 120 valence electrons. The fraction of sp³-hybridized carbons (Fsp3) is 0.765. The molecule has 0 amide bonds. The van der Waals surface area contributed by atoms with Crippen LogP contribution in [0.4, 0.5) is 0 Å². The van der Waals surface area contributed by atoms with Crippen molar-refractivity contribution in [1.29, 1.82) is 0 Å². The second kappa shape index (κ2) is 11.5. The van der Waals surface area contributed by atoms with E-state index in [1.54, 1.807) is 12.4 Å². The number of unbranched alkanes of at least 4 members (excludes halogenated alkanes) is 5. The maximum atomic E-state index is 5.68. The van der Waals surface area contributed by atoms with Crippen molar-refractivity contribution in [2.75, 3.05) is 13.2 Å². The van der Waals surface area contributed by atoms with Crippen LogP contribution < -0.4 is 10.1 Å². The summed E-state index contributed by atoms with van der Waals surface area (Å²) in [4.78, 5) is 8.66. The molecule has 0 fully saturated rings. The normalized spacial score (nSPS) is 11.0. The van der Waals surface area contributed by atoms with E-state index in [-0.39, 0.29) is 0 Å². The lowest BCUT2D eigenvalue weighted by Crippen LogP contribution is -2.19. The van der Waals surface area contributed by atoms with Crippen LogP contribution in [0.5, 0.6) is 5.88 Å². The monoisotopic (exact) mass is 293 g/mol. The Balaban J connectivity index is 2.17. The highest BCUT2D eigenvalue weighted by Gasteiger charge is 2.01. The molecule has 1 rings (SSSR count). The average molecular weight is 293 g/mol. The highest BCUT2D eigenvalue weighted by Crippen LogP contribution is 2.08. The minimum absolute atomic E-state index is 0.644. The quantitative estimate of drug-likeness (QED) is 0.593. The molecule has 1 N–H and O–H groups in total. The van der Waals surface area contributed by atoms with Gasteiger partial charge >= 0.3 is 0 Å². The topological polar surface area (TPSA) is 47.0 Å². The molecule has 1 heterocycles. The molecule has 0 aromatic carbocycles. The van der Waals surface area contributed by atoms with E-state index < -0.39 is 0 Å². The van der Waals surface area contributed by atoms with Gasteiger partial charge in [-0.25, -0.2) is 4.98 Å². The molecule has 0 saturated carbocycles. The first-order valence-electron chi connectivity index (χ1n) is 8.36. The van der Waals surface area contributed by atoms with Crippen molar-refractivity contribution in [2.24, 2.45) is 5.92 Å². The molecule has 0 saturated heterocycles. The summed E-state index contributed by atoms with van der Waals surface area (Å²) >= 11 is 0. The van der Waals surface area contributed by atoms with Crippen LogP contribution in [0.25, 0.3) is 0 Å². The number of rotatable bonds is 12. The maximum Gasteiger partial charge on any atom is 0.232 e. The molecule has 1 aromatic rings. The number of nitrogens with zero attached hydrogens (tertiary/aromatic N) is 2. The molecule has 21 heavy (non-hydrogen) atoms. The zero-order valence-corrected chi connectivity index (χ0v) is 13.9. The number of nitrogens with one attached hydrogen (secondary N) is 1. The summed E-state index contributed by atoms with van der Waals surface area (Å²) < 4.78 is 5.68. The van der Waals surface area contributed by atoms with Gasteiger partial charge in [-0.2, -0.15) is 0 Å². The number of ether oxygens (including phenoxy) is 1. The maximum absolute atomic E-state index is 5.68. The van der Waals surface area contributed by atoms with E-state index in [9.17, 15) is 0 Å². The first-order chi connectivity index (χ1) is 10.2. The minimum atomic E-state index is 0.644. The predicted octanol–water partition coefficient (Wildman–Crippen LogP) is 3.96. The van der Waals surface area contributed by atoms with E-state index in [2.05, 4.69) is 36.1 Å². The van der Waals surface area contributed by atoms with Crippen LogP contribution >= 0.6 is 0 Å². The fourth-order valence-electron chi connectivity index (χ4n) is 2.09. The van der Waals surface area contributed by atoms with Gasteiger partial charge in [0.1, 0.15) is 0 Å². The summed E-state index contributed by atoms with van der Waals surface area (Å²) in [6.07, 6.45) is 11.1. The Morgan fingerprint density at radius 3 is 2.62 bits per heavy atom. The van der Waals surface area contributed by atoms with Gasteiger partial charge in [0.25, 0.3) is 0 Å². The van der Waals surface area contributed by atoms with Crippen molar-refractivity contribution in [3.8, 4) is 5.88 Å². The Labute approximate surface area is 129 Å². The first kappa shape index (κ1) is 17.9. The lowest BCUT2D eigenvalue weighted by atomic mass is 10.1. The average Bonchev–Trinajstić information content (AvgIpc) is 2.46. The van der Waals surface area contributed by atoms with Crippen molar-refractivity contribution in [3.63, 3.8) is 0 Å². The number of hydrogen-bond donors (Lipinski definition) is 1. The molecular formula is C17H31N3O. The molecule has 0 atom stereocenters. The van der Waals surface area contributed by atoms with Crippen molar-refractivity contribution in [2.45, 2.75) is 65.8 Å². The Morgan fingerprint density at radius 2 is 1.86 bits per heavy atom. The third kappa shape index (κ3) is 9.40. The summed E-state index contributed by atoms with van der Waals surface area (Å²) in [5, 5.41) is 3.37. The van der Waals surface area contributed by atoms with Gasteiger partial charge in [0.05, 0.1) is 18.5 Å². The highest BCUT2D eigenvalue weighted by atomic mass is 16.5. The molecule has 0 spiro atoms. The molecular weight excluding hydrogens is 262 g/mol. The Bertz CT molecular complexity index is 369. The third-order valence-corrected chi connectivity index (χ3v) is 3.27. The summed E-state index contributed by atoms with van der Waals surface area (Å²) in [5.74, 6) is 1.29. The van der Waals surface area contributed by atoms with Gasteiger partial charge in [-0.15, -0.1) is 0 Å². The molecule has 1 aromatic heterocycles. The molecule has 0 aliphatic rings. The number of hydrogen-bond acceptors (Lipinski definition) is 4. The van der Waals surface area contributed by atoms with Crippen LogP contribution in [0.15, 0.2) is 12.4 Å². The lowest BCUT2D eigenvalue weighted by molar-refractivity contribution is 0.291.